The minimum absolute atomic E-state index is 0.149. The molecule has 0 bridgehead atoms. The van der Waals surface area contributed by atoms with Crippen molar-refractivity contribution >= 4 is 21.1 Å². The summed E-state index contributed by atoms with van der Waals surface area (Å²) in [6, 6.07) is 0. The molecule has 0 nitrogen and oxygen atoms in total. The quantitative estimate of drug-likeness (QED) is 0.488. The molecule has 0 aliphatic carbocycles. The van der Waals surface area contributed by atoms with Gasteiger partial charge in [-0.05, 0) is 0 Å². The Kier molecular flexibility index (Phi) is 9.58. The molecular formula is C8H18Sn. The first-order chi connectivity index (χ1) is 4.41. The summed E-state index contributed by atoms with van der Waals surface area (Å²) < 4.78 is 3.25. The molecule has 0 aromatic heterocycles. The average molecular weight is 233 g/mol. The molecule has 0 spiro atoms. The van der Waals surface area contributed by atoms with Gasteiger partial charge in [0.15, 0.2) is 0 Å². The van der Waals surface area contributed by atoms with Crippen molar-refractivity contribution < 1.29 is 0 Å². The Balaban J connectivity index is 2.60. The van der Waals surface area contributed by atoms with E-state index in [2.05, 4.69) is 13.8 Å². The van der Waals surface area contributed by atoms with Crippen molar-refractivity contribution in [3.8, 4) is 0 Å². The predicted molar refractivity (Wildman–Crippen MR) is 45.2 cm³/mol. The molecule has 1 heteroatoms. The molecule has 9 heavy (non-hydrogen) atoms. The molecule has 0 N–H and O–H groups in total. The molecule has 0 rings (SSSR count). The van der Waals surface area contributed by atoms with Crippen LogP contribution in [0.4, 0.5) is 0 Å². The van der Waals surface area contributed by atoms with Crippen LogP contribution in [0.25, 0.3) is 0 Å². The zero-order valence-corrected chi connectivity index (χ0v) is 9.60. The number of unbranched alkanes of at least 4 members (excludes halogenated alkanes) is 2. The van der Waals surface area contributed by atoms with Gasteiger partial charge in [0.2, 0.25) is 0 Å². The molecule has 0 amide bonds. The van der Waals surface area contributed by atoms with E-state index in [0.29, 0.717) is 0 Å². The molecule has 0 aliphatic rings. The van der Waals surface area contributed by atoms with Gasteiger partial charge in [-0.2, -0.15) is 0 Å². The van der Waals surface area contributed by atoms with Crippen molar-refractivity contribution in [2.24, 2.45) is 0 Å². The first-order valence-corrected chi connectivity index (χ1v) is 8.16. The molecule has 0 heterocycles. The Hall–Kier alpha value is 0.799. The molecule has 0 saturated carbocycles. The standard InChI is InChI=1S/2C4H9.Sn/c2*1-3-4-2;/h2*1,3-4H2,2H3;. The van der Waals surface area contributed by atoms with E-state index in [1.54, 1.807) is 8.87 Å². The van der Waals surface area contributed by atoms with Crippen LogP contribution in [0.5, 0.6) is 0 Å². The Morgan fingerprint density at radius 1 is 0.889 bits per heavy atom. The van der Waals surface area contributed by atoms with Gasteiger partial charge in [0.1, 0.15) is 0 Å². The van der Waals surface area contributed by atoms with Crippen molar-refractivity contribution in [2.75, 3.05) is 0 Å². The minimum atomic E-state index is 0.149. The van der Waals surface area contributed by atoms with Crippen molar-refractivity contribution in [1.29, 1.82) is 0 Å². The SMILES string of the molecule is CCC[CH2][Sn][CH2]CCC. The van der Waals surface area contributed by atoms with Crippen molar-refractivity contribution in [3.05, 3.63) is 0 Å². The summed E-state index contributed by atoms with van der Waals surface area (Å²) in [7, 11) is 0. The zero-order valence-electron chi connectivity index (χ0n) is 6.74. The average Bonchev–Trinajstić information content (AvgIpc) is 1.89. The fourth-order valence-electron chi connectivity index (χ4n) is 0.729. The van der Waals surface area contributed by atoms with Crippen molar-refractivity contribution in [2.45, 2.75) is 48.4 Å². The summed E-state index contributed by atoms with van der Waals surface area (Å²) in [5, 5.41) is 0. The van der Waals surface area contributed by atoms with Gasteiger partial charge in [-0.25, -0.2) is 0 Å². The molecule has 0 aromatic rings. The number of rotatable bonds is 6. The van der Waals surface area contributed by atoms with E-state index in [1.807, 2.05) is 0 Å². The first-order valence-electron chi connectivity index (χ1n) is 4.12. The van der Waals surface area contributed by atoms with Gasteiger partial charge in [0.05, 0.1) is 0 Å². The van der Waals surface area contributed by atoms with Crippen LogP contribution in [0.15, 0.2) is 0 Å². The van der Waals surface area contributed by atoms with Gasteiger partial charge in [-0.3, -0.25) is 0 Å². The predicted octanol–water partition coefficient (Wildman–Crippen LogP) is 3.13. The summed E-state index contributed by atoms with van der Waals surface area (Å²) in [6.07, 6.45) is 5.84. The van der Waals surface area contributed by atoms with Gasteiger partial charge >= 0.3 is 69.5 Å². The normalized spacial score (nSPS) is 10.0. The van der Waals surface area contributed by atoms with Crippen LogP contribution in [0, 0.1) is 0 Å². The van der Waals surface area contributed by atoms with Crippen LogP contribution >= 0.6 is 0 Å². The Morgan fingerprint density at radius 3 is 1.67 bits per heavy atom. The maximum atomic E-state index is 2.29. The van der Waals surface area contributed by atoms with E-state index < -0.39 is 0 Å². The maximum absolute atomic E-state index is 2.29. The van der Waals surface area contributed by atoms with E-state index in [0.717, 1.165) is 0 Å². The fourth-order valence-corrected chi connectivity index (χ4v) is 4.89. The summed E-state index contributed by atoms with van der Waals surface area (Å²) in [6.45, 7) is 4.58. The van der Waals surface area contributed by atoms with Gasteiger partial charge in [0.25, 0.3) is 0 Å². The molecule has 0 saturated heterocycles. The summed E-state index contributed by atoms with van der Waals surface area (Å²) >= 11 is 0.149. The molecular weight excluding hydrogens is 215 g/mol. The third-order valence-electron chi connectivity index (χ3n) is 1.41. The van der Waals surface area contributed by atoms with E-state index in [4.69, 9.17) is 0 Å². The summed E-state index contributed by atoms with van der Waals surface area (Å²) in [5.74, 6) is 0. The topological polar surface area (TPSA) is 0 Å². The molecule has 0 unspecified atom stereocenters. The van der Waals surface area contributed by atoms with Crippen LogP contribution in [0.2, 0.25) is 8.87 Å². The van der Waals surface area contributed by atoms with Gasteiger partial charge in [-0.1, -0.05) is 0 Å². The van der Waals surface area contributed by atoms with E-state index in [-0.39, 0.29) is 21.1 Å². The number of hydrogen-bond acceptors (Lipinski definition) is 0. The fraction of sp³-hybridized carbons (Fsp3) is 1.00. The molecule has 0 fully saturated rings. The third-order valence-corrected chi connectivity index (χ3v) is 5.45. The Labute approximate surface area is 69.6 Å². The third kappa shape index (κ3) is 8.80. The van der Waals surface area contributed by atoms with Crippen LogP contribution in [0.1, 0.15) is 39.5 Å². The van der Waals surface area contributed by atoms with Crippen LogP contribution in [-0.4, -0.2) is 21.1 Å². The summed E-state index contributed by atoms with van der Waals surface area (Å²) in [5.41, 5.74) is 0. The molecule has 0 aliphatic heterocycles. The second-order valence-corrected chi connectivity index (χ2v) is 6.74. The molecule has 54 valence electrons. The van der Waals surface area contributed by atoms with Gasteiger partial charge in [-0.15, -0.1) is 0 Å². The van der Waals surface area contributed by atoms with Crippen molar-refractivity contribution in [1.82, 2.24) is 0 Å². The zero-order chi connectivity index (χ0) is 6.95. The molecule has 2 radical (unpaired) electrons. The van der Waals surface area contributed by atoms with Crippen LogP contribution in [0.3, 0.4) is 0 Å². The van der Waals surface area contributed by atoms with E-state index in [1.165, 1.54) is 25.7 Å². The van der Waals surface area contributed by atoms with E-state index >= 15 is 0 Å². The van der Waals surface area contributed by atoms with Crippen LogP contribution < -0.4 is 0 Å². The Morgan fingerprint density at radius 2 is 1.33 bits per heavy atom. The van der Waals surface area contributed by atoms with Gasteiger partial charge in [0, 0.05) is 0 Å². The summed E-state index contributed by atoms with van der Waals surface area (Å²) in [4.78, 5) is 0. The monoisotopic (exact) mass is 234 g/mol. The second-order valence-electron chi connectivity index (χ2n) is 2.46. The van der Waals surface area contributed by atoms with Crippen LogP contribution in [-0.2, 0) is 0 Å². The second kappa shape index (κ2) is 8.80. The van der Waals surface area contributed by atoms with Crippen molar-refractivity contribution in [3.63, 3.8) is 0 Å². The van der Waals surface area contributed by atoms with E-state index in [9.17, 15) is 0 Å². The number of hydrogen-bond donors (Lipinski definition) is 0. The van der Waals surface area contributed by atoms with Gasteiger partial charge < -0.3 is 0 Å². The molecule has 0 aromatic carbocycles. The molecule has 0 atom stereocenters. The Bertz CT molecular complexity index is 37.8. The first kappa shape index (κ1) is 9.80.